The third kappa shape index (κ3) is 3.19. The van der Waals surface area contributed by atoms with Gasteiger partial charge in [0.05, 0.1) is 33.3 Å². The van der Waals surface area contributed by atoms with Gasteiger partial charge in [-0.2, -0.15) is 0 Å². The van der Waals surface area contributed by atoms with Gasteiger partial charge in [-0.1, -0.05) is 12.1 Å². The maximum atomic E-state index is 12.5. The largest absolute Gasteiger partial charge is 0.497 e. The molecule has 0 radical (unpaired) electrons. The molecule has 21 heavy (non-hydrogen) atoms. The van der Waals surface area contributed by atoms with Crippen molar-refractivity contribution in [1.82, 2.24) is 4.90 Å². The Morgan fingerprint density at radius 1 is 1.38 bits per heavy atom. The van der Waals surface area contributed by atoms with Crippen molar-refractivity contribution in [3.63, 3.8) is 0 Å². The van der Waals surface area contributed by atoms with Crippen LogP contribution >= 0.6 is 0 Å². The summed E-state index contributed by atoms with van der Waals surface area (Å²) in [6, 6.07) is 7.63. The van der Waals surface area contributed by atoms with Crippen LogP contribution in [0.15, 0.2) is 24.3 Å². The van der Waals surface area contributed by atoms with Gasteiger partial charge in [-0.15, -0.1) is 0 Å². The summed E-state index contributed by atoms with van der Waals surface area (Å²) in [5, 5.41) is 0. The van der Waals surface area contributed by atoms with Crippen LogP contribution in [-0.2, 0) is 20.7 Å². The molecule has 1 spiro atoms. The van der Waals surface area contributed by atoms with E-state index in [0.29, 0.717) is 26.2 Å². The lowest BCUT2D eigenvalue weighted by Gasteiger charge is -2.38. The smallest absolute Gasteiger partial charge is 0.227 e. The first kappa shape index (κ1) is 14.4. The molecule has 0 saturated carbocycles. The van der Waals surface area contributed by atoms with Crippen molar-refractivity contribution < 1.29 is 19.0 Å². The lowest BCUT2D eigenvalue weighted by molar-refractivity contribution is -0.192. The molecule has 1 aromatic rings. The van der Waals surface area contributed by atoms with Gasteiger partial charge in [-0.3, -0.25) is 4.79 Å². The molecule has 0 aromatic heterocycles. The molecule has 5 heteroatoms. The van der Waals surface area contributed by atoms with E-state index in [9.17, 15) is 4.79 Å². The Bertz CT molecular complexity index is 511. The summed E-state index contributed by atoms with van der Waals surface area (Å²) < 4.78 is 16.6. The summed E-state index contributed by atoms with van der Waals surface area (Å²) >= 11 is 0. The molecule has 114 valence electrons. The van der Waals surface area contributed by atoms with Gasteiger partial charge in [0.25, 0.3) is 0 Å². The molecule has 0 aliphatic carbocycles. The minimum atomic E-state index is -0.553. The minimum Gasteiger partial charge on any atom is -0.497 e. The molecule has 0 atom stereocenters. The van der Waals surface area contributed by atoms with E-state index in [1.54, 1.807) is 7.11 Å². The van der Waals surface area contributed by atoms with Crippen molar-refractivity contribution in [2.45, 2.75) is 25.0 Å². The number of benzene rings is 1. The third-order valence-corrected chi connectivity index (χ3v) is 4.07. The van der Waals surface area contributed by atoms with Gasteiger partial charge in [0.1, 0.15) is 5.75 Å². The van der Waals surface area contributed by atoms with E-state index in [0.717, 1.165) is 30.7 Å². The number of ether oxygens (including phenoxy) is 3. The van der Waals surface area contributed by atoms with Crippen molar-refractivity contribution in [3.05, 3.63) is 29.8 Å². The lowest BCUT2D eigenvalue weighted by Crippen LogP contribution is -2.51. The molecule has 2 heterocycles. The summed E-state index contributed by atoms with van der Waals surface area (Å²) in [5.74, 6) is 0.335. The second-order valence-corrected chi connectivity index (χ2v) is 5.55. The zero-order chi connectivity index (χ0) is 14.7. The molecule has 0 N–H and O–H groups in total. The first-order chi connectivity index (χ1) is 10.2. The number of amides is 1. The average molecular weight is 291 g/mol. The maximum absolute atomic E-state index is 12.5. The number of methoxy groups -OCH3 is 1. The van der Waals surface area contributed by atoms with Crippen molar-refractivity contribution in [2.24, 2.45) is 0 Å². The highest BCUT2D eigenvalue weighted by Crippen LogP contribution is 2.30. The van der Waals surface area contributed by atoms with Crippen LogP contribution in [0.4, 0.5) is 0 Å². The van der Waals surface area contributed by atoms with Crippen LogP contribution in [0.3, 0.4) is 0 Å². The van der Waals surface area contributed by atoms with Gasteiger partial charge in [-0.05, 0) is 24.1 Å². The van der Waals surface area contributed by atoms with E-state index in [2.05, 4.69) is 0 Å². The van der Waals surface area contributed by atoms with Crippen molar-refractivity contribution in [3.8, 4) is 5.75 Å². The molecule has 5 nitrogen and oxygen atoms in total. The van der Waals surface area contributed by atoms with Crippen molar-refractivity contribution in [2.75, 3.05) is 33.4 Å². The highest BCUT2D eigenvalue weighted by Gasteiger charge is 2.41. The summed E-state index contributed by atoms with van der Waals surface area (Å²) in [5.41, 5.74) is 0.965. The van der Waals surface area contributed by atoms with Crippen LogP contribution in [0.25, 0.3) is 0 Å². The number of rotatable bonds is 3. The van der Waals surface area contributed by atoms with Gasteiger partial charge < -0.3 is 19.1 Å². The molecule has 2 aliphatic heterocycles. The quantitative estimate of drug-likeness (QED) is 0.849. The monoisotopic (exact) mass is 291 g/mol. The fourth-order valence-electron chi connectivity index (χ4n) is 3.00. The number of hydrogen-bond acceptors (Lipinski definition) is 4. The van der Waals surface area contributed by atoms with Crippen LogP contribution < -0.4 is 4.74 Å². The van der Waals surface area contributed by atoms with E-state index < -0.39 is 5.79 Å². The highest BCUT2D eigenvalue weighted by molar-refractivity contribution is 5.79. The Morgan fingerprint density at radius 3 is 2.95 bits per heavy atom. The number of hydrogen-bond donors (Lipinski definition) is 0. The normalized spacial score (nSPS) is 20.7. The number of nitrogens with zero attached hydrogens (tertiary/aromatic N) is 1. The summed E-state index contributed by atoms with van der Waals surface area (Å²) in [6.07, 6.45) is 2.17. The Kier molecular flexibility index (Phi) is 4.12. The van der Waals surface area contributed by atoms with Crippen LogP contribution in [0.5, 0.6) is 5.75 Å². The van der Waals surface area contributed by atoms with Crippen molar-refractivity contribution in [1.29, 1.82) is 0 Å². The molecule has 2 fully saturated rings. The Labute approximate surface area is 124 Å². The number of carbonyl (C=O) groups excluding carboxylic acids is 1. The zero-order valence-corrected chi connectivity index (χ0v) is 12.3. The van der Waals surface area contributed by atoms with Gasteiger partial charge in [-0.25, -0.2) is 0 Å². The highest BCUT2D eigenvalue weighted by atomic mass is 16.7. The Morgan fingerprint density at radius 2 is 2.19 bits per heavy atom. The number of likely N-dealkylation sites (tertiary alicyclic amines) is 1. The van der Waals surface area contributed by atoms with E-state index in [1.807, 2.05) is 29.2 Å². The van der Waals surface area contributed by atoms with E-state index in [-0.39, 0.29) is 5.91 Å². The SMILES string of the molecule is COc1cccc(CC(=O)N2CCCC3(C2)OCCO3)c1. The van der Waals surface area contributed by atoms with Crippen molar-refractivity contribution >= 4 is 5.91 Å². The molecule has 3 rings (SSSR count). The molecular weight excluding hydrogens is 270 g/mol. The van der Waals surface area contributed by atoms with Gasteiger partial charge in [0.2, 0.25) is 5.91 Å². The molecule has 0 unspecified atom stereocenters. The fraction of sp³-hybridized carbons (Fsp3) is 0.562. The third-order valence-electron chi connectivity index (χ3n) is 4.07. The first-order valence-corrected chi connectivity index (χ1v) is 7.39. The van der Waals surface area contributed by atoms with Gasteiger partial charge in [0, 0.05) is 13.0 Å². The summed E-state index contributed by atoms with van der Waals surface area (Å²) in [4.78, 5) is 14.3. The molecule has 1 amide bonds. The zero-order valence-electron chi connectivity index (χ0n) is 12.3. The second-order valence-electron chi connectivity index (χ2n) is 5.55. The number of piperidine rings is 1. The molecular formula is C16H21NO4. The molecule has 0 bridgehead atoms. The van der Waals surface area contributed by atoms with Gasteiger partial charge >= 0.3 is 0 Å². The van der Waals surface area contributed by atoms with E-state index in [1.165, 1.54) is 0 Å². The first-order valence-electron chi connectivity index (χ1n) is 7.39. The molecule has 2 saturated heterocycles. The lowest BCUT2D eigenvalue weighted by atomic mass is 10.0. The fourth-order valence-corrected chi connectivity index (χ4v) is 3.00. The van der Waals surface area contributed by atoms with Gasteiger partial charge in [0.15, 0.2) is 5.79 Å². The van der Waals surface area contributed by atoms with Crippen LogP contribution in [0, 0.1) is 0 Å². The predicted octanol–water partition coefficient (Wildman–Crippen LogP) is 1.60. The number of carbonyl (C=O) groups is 1. The van der Waals surface area contributed by atoms with Crippen LogP contribution in [-0.4, -0.2) is 50.0 Å². The molecule has 1 aromatic carbocycles. The predicted molar refractivity (Wildman–Crippen MR) is 77.1 cm³/mol. The minimum absolute atomic E-state index is 0.112. The molecule has 2 aliphatic rings. The van der Waals surface area contributed by atoms with Crippen LogP contribution in [0.2, 0.25) is 0 Å². The Balaban J connectivity index is 1.64. The second kappa shape index (κ2) is 6.03. The Hall–Kier alpha value is -1.59. The van der Waals surface area contributed by atoms with E-state index in [4.69, 9.17) is 14.2 Å². The van der Waals surface area contributed by atoms with E-state index >= 15 is 0 Å². The standard InChI is InChI=1S/C16H21NO4/c1-19-14-5-2-4-13(10-14)11-15(18)17-7-3-6-16(12-17)20-8-9-21-16/h2,4-5,10H,3,6-9,11-12H2,1H3. The topological polar surface area (TPSA) is 48.0 Å². The summed E-state index contributed by atoms with van der Waals surface area (Å²) in [6.45, 7) is 2.56. The average Bonchev–Trinajstić information content (AvgIpc) is 2.95. The van der Waals surface area contributed by atoms with Crippen LogP contribution in [0.1, 0.15) is 18.4 Å². The summed E-state index contributed by atoms with van der Waals surface area (Å²) in [7, 11) is 1.63. The maximum Gasteiger partial charge on any atom is 0.227 e.